The Morgan fingerprint density at radius 3 is 2.56 bits per heavy atom. The molecule has 0 saturated heterocycles. The van der Waals surface area contributed by atoms with Gasteiger partial charge in [-0.1, -0.05) is 31.9 Å². The standard InChI is InChI=1S/C11H10Br2O3/c1-16-11(15)8-2-7(3-9(13)5-8)4-10(14)6-12/h2-3,5H,4,6H2,1H3. The highest BCUT2D eigenvalue weighted by Gasteiger charge is 2.09. The fourth-order valence-corrected chi connectivity index (χ4v) is 2.00. The third-order valence-corrected chi connectivity index (χ3v) is 3.01. The molecule has 3 nitrogen and oxygen atoms in total. The van der Waals surface area contributed by atoms with Crippen LogP contribution in [0.25, 0.3) is 0 Å². The lowest BCUT2D eigenvalue weighted by molar-refractivity contribution is -0.115. The molecule has 0 fully saturated rings. The summed E-state index contributed by atoms with van der Waals surface area (Å²) in [6.45, 7) is 0. The Hall–Kier alpha value is -0.680. The smallest absolute Gasteiger partial charge is 0.337 e. The third kappa shape index (κ3) is 3.72. The van der Waals surface area contributed by atoms with E-state index in [1.54, 1.807) is 12.1 Å². The van der Waals surface area contributed by atoms with Gasteiger partial charge >= 0.3 is 5.97 Å². The van der Waals surface area contributed by atoms with Gasteiger partial charge in [-0.3, -0.25) is 4.79 Å². The molecule has 0 saturated carbocycles. The molecule has 0 N–H and O–H groups in total. The first-order valence-corrected chi connectivity index (χ1v) is 6.43. The molecular weight excluding hydrogens is 340 g/mol. The van der Waals surface area contributed by atoms with E-state index >= 15 is 0 Å². The largest absolute Gasteiger partial charge is 0.465 e. The summed E-state index contributed by atoms with van der Waals surface area (Å²) in [5, 5.41) is 0.313. The Labute approximate surface area is 110 Å². The number of benzene rings is 1. The van der Waals surface area contributed by atoms with E-state index in [4.69, 9.17) is 0 Å². The van der Waals surface area contributed by atoms with Gasteiger partial charge in [0.15, 0.2) is 0 Å². The highest BCUT2D eigenvalue weighted by Crippen LogP contribution is 2.17. The summed E-state index contributed by atoms with van der Waals surface area (Å²) in [4.78, 5) is 22.6. The zero-order valence-corrected chi connectivity index (χ0v) is 11.8. The lowest BCUT2D eigenvalue weighted by Gasteiger charge is -2.04. The average molecular weight is 350 g/mol. The molecule has 0 heterocycles. The first kappa shape index (κ1) is 13.4. The lowest BCUT2D eigenvalue weighted by Crippen LogP contribution is -2.06. The van der Waals surface area contributed by atoms with Gasteiger partial charge in [0.25, 0.3) is 0 Å². The number of esters is 1. The van der Waals surface area contributed by atoms with Crippen molar-refractivity contribution >= 4 is 43.6 Å². The van der Waals surface area contributed by atoms with E-state index in [0.29, 0.717) is 17.3 Å². The molecule has 0 amide bonds. The van der Waals surface area contributed by atoms with E-state index in [-0.39, 0.29) is 5.78 Å². The monoisotopic (exact) mass is 348 g/mol. The molecule has 16 heavy (non-hydrogen) atoms. The van der Waals surface area contributed by atoms with Crippen LogP contribution in [-0.4, -0.2) is 24.2 Å². The van der Waals surface area contributed by atoms with Crippen LogP contribution in [0.1, 0.15) is 15.9 Å². The van der Waals surface area contributed by atoms with Gasteiger partial charge < -0.3 is 4.74 Å². The van der Waals surface area contributed by atoms with Crippen molar-refractivity contribution < 1.29 is 14.3 Å². The van der Waals surface area contributed by atoms with E-state index in [1.165, 1.54) is 7.11 Å². The Morgan fingerprint density at radius 2 is 2.00 bits per heavy atom. The summed E-state index contributed by atoms with van der Waals surface area (Å²) in [6.07, 6.45) is 0.300. The van der Waals surface area contributed by atoms with Crippen molar-refractivity contribution in [2.45, 2.75) is 6.42 Å². The summed E-state index contributed by atoms with van der Waals surface area (Å²) in [7, 11) is 1.33. The van der Waals surface area contributed by atoms with Gasteiger partial charge in [0.05, 0.1) is 18.0 Å². The summed E-state index contributed by atoms with van der Waals surface area (Å²) in [5.74, 6) is -0.345. The molecule has 0 atom stereocenters. The molecule has 0 bridgehead atoms. The van der Waals surface area contributed by atoms with Crippen LogP contribution in [0.5, 0.6) is 0 Å². The van der Waals surface area contributed by atoms with Gasteiger partial charge in [-0.15, -0.1) is 0 Å². The van der Waals surface area contributed by atoms with Crippen LogP contribution in [0.4, 0.5) is 0 Å². The minimum Gasteiger partial charge on any atom is -0.465 e. The molecule has 0 unspecified atom stereocenters. The number of carbonyl (C=O) groups is 2. The van der Waals surface area contributed by atoms with Gasteiger partial charge in [-0.05, 0) is 23.8 Å². The van der Waals surface area contributed by atoms with Crippen LogP contribution in [-0.2, 0) is 16.0 Å². The van der Waals surface area contributed by atoms with Crippen LogP contribution in [0.3, 0.4) is 0 Å². The minimum absolute atomic E-state index is 0.0638. The highest BCUT2D eigenvalue weighted by molar-refractivity contribution is 9.10. The molecule has 1 rings (SSSR count). The molecule has 5 heteroatoms. The van der Waals surface area contributed by atoms with E-state index < -0.39 is 5.97 Å². The average Bonchev–Trinajstić information content (AvgIpc) is 2.27. The zero-order chi connectivity index (χ0) is 12.1. The predicted molar refractivity (Wildman–Crippen MR) is 68.0 cm³/mol. The van der Waals surface area contributed by atoms with Gasteiger partial charge in [0.2, 0.25) is 0 Å². The zero-order valence-electron chi connectivity index (χ0n) is 8.63. The summed E-state index contributed by atoms with van der Waals surface area (Å²) < 4.78 is 5.38. The quantitative estimate of drug-likeness (QED) is 0.620. The van der Waals surface area contributed by atoms with E-state index in [0.717, 1.165) is 10.0 Å². The lowest BCUT2D eigenvalue weighted by atomic mass is 10.1. The number of hydrogen-bond acceptors (Lipinski definition) is 3. The summed E-state index contributed by atoms with van der Waals surface area (Å²) in [6, 6.07) is 5.14. The molecule has 0 radical (unpaired) electrons. The number of ketones is 1. The van der Waals surface area contributed by atoms with Crippen molar-refractivity contribution in [2.75, 3.05) is 12.4 Å². The number of alkyl halides is 1. The maximum Gasteiger partial charge on any atom is 0.337 e. The number of methoxy groups -OCH3 is 1. The number of hydrogen-bond donors (Lipinski definition) is 0. The van der Waals surface area contributed by atoms with Crippen molar-refractivity contribution in [3.05, 3.63) is 33.8 Å². The molecule has 1 aromatic rings. The Morgan fingerprint density at radius 1 is 1.31 bits per heavy atom. The third-order valence-electron chi connectivity index (χ3n) is 1.93. The van der Waals surface area contributed by atoms with E-state index in [2.05, 4.69) is 36.6 Å². The maximum absolute atomic E-state index is 11.3. The maximum atomic E-state index is 11.3. The van der Waals surface area contributed by atoms with Crippen LogP contribution in [0, 0.1) is 0 Å². The molecule has 0 aliphatic rings. The number of ether oxygens (including phenoxy) is 1. The molecular formula is C11H10Br2O3. The molecule has 86 valence electrons. The first-order chi connectivity index (χ1) is 7.56. The van der Waals surface area contributed by atoms with Crippen molar-refractivity contribution in [3.8, 4) is 0 Å². The first-order valence-electron chi connectivity index (χ1n) is 4.52. The van der Waals surface area contributed by atoms with Gasteiger partial charge in [-0.25, -0.2) is 4.79 Å². The van der Waals surface area contributed by atoms with Crippen molar-refractivity contribution in [1.29, 1.82) is 0 Å². The second-order valence-corrected chi connectivity index (χ2v) is 4.67. The van der Waals surface area contributed by atoms with E-state index in [9.17, 15) is 9.59 Å². The number of halogens is 2. The fraction of sp³-hybridized carbons (Fsp3) is 0.273. The second-order valence-electron chi connectivity index (χ2n) is 3.19. The topological polar surface area (TPSA) is 43.4 Å². The SMILES string of the molecule is COC(=O)c1cc(Br)cc(CC(=O)CBr)c1. The van der Waals surface area contributed by atoms with Crippen LogP contribution < -0.4 is 0 Å². The van der Waals surface area contributed by atoms with Gasteiger partial charge in [-0.2, -0.15) is 0 Å². The van der Waals surface area contributed by atoms with Gasteiger partial charge in [0, 0.05) is 10.9 Å². The minimum atomic E-state index is -0.408. The second kappa shape index (κ2) is 6.15. The summed E-state index contributed by atoms with van der Waals surface area (Å²) in [5.41, 5.74) is 1.23. The Bertz CT molecular complexity index is 416. The van der Waals surface area contributed by atoms with Crippen LogP contribution in [0.15, 0.2) is 22.7 Å². The van der Waals surface area contributed by atoms with Crippen molar-refractivity contribution in [3.63, 3.8) is 0 Å². The number of carbonyl (C=O) groups excluding carboxylic acids is 2. The Kier molecular flexibility index (Phi) is 5.15. The number of rotatable bonds is 4. The van der Waals surface area contributed by atoms with Crippen LogP contribution >= 0.6 is 31.9 Å². The number of Topliss-reactive ketones (excluding diaryl/α,β-unsaturated/α-hetero) is 1. The normalized spacial score (nSPS) is 9.94. The molecule has 0 aliphatic carbocycles. The fourth-order valence-electron chi connectivity index (χ4n) is 1.26. The molecule has 0 aliphatic heterocycles. The van der Waals surface area contributed by atoms with Crippen LogP contribution in [0.2, 0.25) is 0 Å². The van der Waals surface area contributed by atoms with Gasteiger partial charge in [0.1, 0.15) is 5.78 Å². The van der Waals surface area contributed by atoms with Crippen molar-refractivity contribution in [2.24, 2.45) is 0 Å². The van der Waals surface area contributed by atoms with E-state index in [1.807, 2.05) is 6.07 Å². The molecule has 0 spiro atoms. The Balaban J connectivity index is 2.98. The molecule has 1 aromatic carbocycles. The van der Waals surface area contributed by atoms with Crippen molar-refractivity contribution in [1.82, 2.24) is 0 Å². The summed E-state index contributed by atoms with van der Waals surface area (Å²) >= 11 is 6.39. The predicted octanol–water partition coefficient (Wildman–Crippen LogP) is 2.74. The highest BCUT2D eigenvalue weighted by atomic mass is 79.9. The molecule has 0 aromatic heterocycles.